The van der Waals surface area contributed by atoms with E-state index < -0.39 is 17.0 Å². The van der Waals surface area contributed by atoms with Crippen molar-refractivity contribution >= 4 is 29.5 Å². The number of carbonyl (C=O) groups is 2. The molecule has 10 heteroatoms. The fourth-order valence-electron chi connectivity index (χ4n) is 3.47. The summed E-state index contributed by atoms with van der Waals surface area (Å²) in [6.45, 7) is 2.53. The second kappa shape index (κ2) is 12.9. The number of nitro groups is 1. The van der Waals surface area contributed by atoms with Crippen LogP contribution in [0.4, 0.5) is 16.2 Å². The standard InChI is InChI=1S/C28H28N2O8/c1-4-5-15-37-25-16-19(17-26(36-3)27(31)32)9-14-24(25)20-7-6-8-22(18-20)29(2)28(33)38-23-12-10-21(11-13-23)30(34)35/h6-14,16-18H,4-5,15H2,1-3H3,(H,31,32). The summed E-state index contributed by atoms with van der Waals surface area (Å²) in [5.41, 5.74) is 2.56. The van der Waals surface area contributed by atoms with Crippen LogP contribution in [0.1, 0.15) is 25.3 Å². The van der Waals surface area contributed by atoms with Gasteiger partial charge in [0.1, 0.15) is 11.5 Å². The van der Waals surface area contributed by atoms with Crippen LogP contribution in [0, 0.1) is 10.1 Å². The van der Waals surface area contributed by atoms with E-state index in [1.807, 2.05) is 12.1 Å². The lowest BCUT2D eigenvalue weighted by molar-refractivity contribution is -0.384. The minimum absolute atomic E-state index is 0.106. The number of nitro benzene ring substituents is 1. The van der Waals surface area contributed by atoms with E-state index in [1.54, 1.807) is 37.4 Å². The number of carboxylic acids is 1. The first-order valence-corrected chi connectivity index (χ1v) is 11.8. The van der Waals surface area contributed by atoms with Crippen LogP contribution in [0.3, 0.4) is 0 Å². The van der Waals surface area contributed by atoms with Crippen LogP contribution in [-0.2, 0) is 9.53 Å². The minimum atomic E-state index is -1.18. The van der Waals surface area contributed by atoms with Gasteiger partial charge in [0.25, 0.3) is 5.69 Å². The van der Waals surface area contributed by atoms with Crippen molar-refractivity contribution in [3.05, 3.63) is 88.2 Å². The van der Waals surface area contributed by atoms with Crippen molar-refractivity contribution in [3.63, 3.8) is 0 Å². The predicted molar refractivity (Wildman–Crippen MR) is 142 cm³/mol. The fraction of sp³-hybridized carbons (Fsp3) is 0.214. The Labute approximate surface area is 219 Å². The number of carboxylic acid groups (broad SMARTS) is 1. The molecule has 0 saturated heterocycles. The number of unbranched alkanes of at least 4 members (excludes halogenated alkanes) is 1. The van der Waals surface area contributed by atoms with E-state index in [-0.39, 0.29) is 17.2 Å². The van der Waals surface area contributed by atoms with Crippen LogP contribution < -0.4 is 14.4 Å². The third kappa shape index (κ3) is 7.10. The molecule has 198 valence electrons. The number of aliphatic carboxylic acids is 1. The zero-order valence-corrected chi connectivity index (χ0v) is 21.2. The normalized spacial score (nSPS) is 11.0. The maximum absolute atomic E-state index is 12.7. The van der Waals surface area contributed by atoms with Crippen molar-refractivity contribution in [1.82, 2.24) is 0 Å². The Hall–Kier alpha value is -4.86. The number of carbonyl (C=O) groups excluding carboxylic acids is 1. The van der Waals surface area contributed by atoms with Gasteiger partial charge < -0.3 is 19.3 Å². The van der Waals surface area contributed by atoms with Gasteiger partial charge in [0.15, 0.2) is 0 Å². The van der Waals surface area contributed by atoms with Crippen LogP contribution in [-0.4, -0.2) is 42.9 Å². The van der Waals surface area contributed by atoms with E-state index >= 15 is 0 Å². The summed E-state index contributed by atoms with van der Waals surface area (Å²) >= 11 is 0. The van der Waals surface area contributed by atoms with Crippen LogP contribution in [0.5, 0.6) is 11.5 Å². The molecule has 3 aromatic carbocycles. The SMILES string of the molecule is CCCCOc1cc(C=C(OC)C(=O)O)ccc1-c1cccc(N(C)C(=O)Oc2ccc([N+](=O)[O-])cc2)c1. The van der Waals surface area contributed by atoms with Crippen molar-refractivity contribution < 1.29 is 33.8 Å². The summed E-state index contributed by atoms with van der Waals surface area (Å²) in [4.78, 5) is 35.7. The Balaban J connectivity index is 1.88. The lowest BCUT2D eigenvalue weighted by atomic mass is 10.0. The molecule has 0 aliphatic carbocycles. The monoisotopic (exact) mass is 520 g/mol. The van der Waals surface area contributed by atoms with Gasteiger partial charge in [-0.05, 0) is 54.0 Å². The smallest absolute Gasteiger partial charge is 0.419 e. The Kier molecular flexibility index (Phi) is 9.42. The van der Waals surface area contributed by atoms with E-state index in [0.717, 1.165) is 24.0 Å². The number of hydrogen-bond donors (Lipinski definition) is 1. The van der Waals surface area contributed by atoms with Crippen LogP contribution in [0.2, 0.25) is 0 Å². The van der Waals surface area contributed by atoms with Crippen LogP contribution >= 0.6 is 0 Å². The van der Waals surface area contributed by atoms with Crippen molar-refractivity contribution in [2.75, 3.05) is 25.7 Å². The number of nitrogens with zero attached hydrogens (tertiary/aromatic N) is 2. The summed E-state index contributed by atoms with van der Waals surface area (Å²) in [5.74, 6) is -0.647. The Morgan fingerprint density at radius 2 is 1.82 bits per heavy atom. The summed E-state index contributed by atoms with van der Waals surface area (Å²) in [7, 11) is 2.85. The molecule has 0 radical (unpaired) electrons. The highest BCUT2D eigenvalue weighted by molar-refractivity contribution is 5.91. The molecule has 1 amide bonds. The maximum Gasteiger partial charge on any atom is 0.419 e. The highest BCUT2D eigenvalue weighted by atomic mass is 16.6. The highest BCUT2D eigenvalue weighted by Crippen LogP contribution is 2.34. The van der Waals surface area contributed by atoms with Gasteiger partial charge in [0, 0.05) is 30.4 Å². The third-order valence-electron chi connectivity index (χ3n) is 5.56. The highest BCUT2D eigenvalue weighted by Gasteiger charge is 2.17. The van der Waals surface area contributed by atoms with Crippen molar-refractivity contribution in [2.24, 2.45) is 0 Å². The predicted octanol–water partition coefficient (Wildman–Crippen LogP) is 6.15. The van der Waals surface area contributed by atoms with Gasteiger partial charge >= 0.3 is 12.1 Å². The lowest BCUT2D eigenvalue weighted by Gasteiger charge is -2.19. The molecule has 0 aliphatic rings. The number of anilines is 1. The maximum atomic E-state index is 12.7. The molecule has 3 aromatic rings. The van der Waals surface area contributed by atoms with E-state index in [1.165, 1.54) is 42.4 Å². The van der Waals surface area contributed by atoms with Gasteiger partial charge in [-0.1, -0.05) is 37.6 Å². The molecule has 0 saturated carbocycles. The Morgan fingerprint density at radius 1 is 1.08 bits per heavy atom. The number of methoxy groups -OCH3 is 1. The molecule has 0 fully saturated rings. The largest absolute Gasteiger partial charge is 0.493 e. The first-order chi connectivity index (χ1) is 18.2. The molecule has 0 bridgehead atoms. The zero-order valence-electron chi connectivity index (χ0n) is 21.2. The molecule has 10 nitrogen and oxygen atoms in total. The number of benzene rings is 3. The van der Waals surface area contributed by atoms with Crippen molar-refractivity contribution in [2.45, 2.75) is 19.8 Å². The van der Waals surface area contributed by atoms with E-state index in [0.29, 0.717) is 23.6 Å². The van der Waals surface area contributed by atoms with Crippen molar-refractivity contribution in [3.8, 4) is 22.6 Å². The van der Waals surface area contributed by atoms with Crippen LogP contribution in [0.25, 0.3) is 17.2 Å². The second-order valence-electron chi connectivity index (χ2n) is 8.20. The number of amides is 1. The van der Waals surface area contributed by atoms with Crippen LogP contribution in [0.15, 0.2) is 72.5 Å². The molecule has 0 atom stereocenters. The number of rotatable bonds is 11. The van der Waals surface area contributed by atoms with E-state index in [2.05, 4.69) is 6.92 Å². The molecular formula is C28H28N2O8. The molecule has 0 aliphatic heterocycles. The first-order valence-electron chi connectivity index (χ1n) is 11.8. The average Bonchev–Trinajstić information content (AvgIpc) is 2.91. The van der Waals surface area contributed by atoms with Gasteiger partial charge in [-0.3, -0.25) is 15.0 Å². The van der Waals surface area contributed by atoms with E-state index in [4.69, 9.17) is 14.2 Å². The summed E-state index contributed by atoms with van der Waals surface area (Å²) in [6.07, 6.45) is 2.53. The molecular weight excluding hydrogens is 492 g/mol. The first kappa shape index (κ1) is 27.7. The minimum Gasteiger partial charge on any atom is -0.493 e. The summed E-state index contributed by atoms with van der Waals surface area (Å²) in [6, 6.07) is 17.7. The Morgan fingerprint density at radius 3 is 2.45 bits per heavy atom. The van der Waals surface area contributed by atoms with Gasteiger partial charge in [0.2, 0.25) is 5.76 Å². The molecule has 0 aromatic heterocycles. The number of non-ortho nitro benzene ring substituents is 1. The second-order valence-corrected chi connectivity index (χ2v) is 8.20. The summed E-state index contributed by atoms with van der Waals surface area (Å²) in [5, 5.41) is 20.1. The number of hydrogen-bond acceptors (Lipinski definition) is 7. The fourth-order valence-corrected chi connectivity index (χ4v) is 3.47. The van der Waals surface area contributed by atoms with Gasteiger partial charge in [-0.2, -0.15) is 0 Å². The van der Waals surface area contributed by atoms with Gasteiger partial charge in [-0.15, -0.1) is 0 Å². The molecule has 0 unspecified atom stereocenters. The Bertz CT molecular complexity index is 1330. The molecule has 0 heterocycles. The van der Waals surface area contributed by atoms with E-state index in [9.17, 15) is 24.8 Å². The molecule has 1 N–H and O–H groups in total. The molecule has 38 heavy (non-hydrogen) atoms. The quantitative estimate of drug-likeness (QED) is 0.105. The van der Waals surface area contributed by atoms with Gasteiger partial charge in [0.05, 0.1) is 18.6 Å². The number of ether oxygens (including phenoxy) is 3. The lowest BCUT2D eigenvalue weighted by Crippen LogP contribution is -2.29. The van der Waals surface area contributed by atoms with Gasteiger partial charge in [-0.25, -0.2) is 9.59 Å². The molecule has 3 rings (SSSR count). The summed E-state index contributed by atoms with van der Waals surface area (Å²) < 4.78 is 16.3. The topological polar surface area (TPSA) is 128 Å². The molecule has 0 spiro atoms. The third-order valence-corrected chi connectivity index (χ3v) is 5.56. The van der Waals surface area contributed by atoms with Crippen molar-refractivity contribution in [1.29, 1.82) is 0 Å². The zero-order chi connectivity index (χ0) is 27.7. The average molecular weight is 521 g/mol.